The van der Waals surface area contributed by atoms with Crippen LogP contribution in [0.4, 0.5) is 0 Å². The lowest BCUT2D eigenvalue weighted by molar-refractivity contribution is -0.144. The number of amides is 2. The first-order valence-electron chi connectivity index (χ1n) is 4.43. The summed E-state index contributed by atoms with van der Waals surface area (Å²) in [5, 5.41) is 0. The lowest BCUT2D eigenvalue weighted by Crippen LogP contribution is -2.40. The van der Waals surface area contributed by atoms with Crippen LogP contribution < -0.4 is 0 Å². The highest BCUT2D eigenvalue weighted by atomic mass is 16.2. The van der Waals surface area contributed by atoms with E-state index in [2.05, 4.69) is 0 Å². The predicted molar refractivity (Wildman–Crippen MR) is 45.5 cm³/mol. The van der Waals surface area contributed by atoms with Gasteiger partial charge in [-0.05, 0) is 12.8 Å². The van der Waals surface area contributed by atoms with Crippen LogP contribution in [0.5, 0.6) is 0 Å². The van der Waals surface area contributed by atoms with Gasteiger partial charge in [0, 0.05) is 19.9 Å². The average Bonchev–Trinajstić information content (AvgIpc) is 2.37. The van der Waals surface area contributed by atoms with E-state index < -0.39 is 0 Å². The van der Waals surface area contributed by atoms with Crippen LogP contribution in [0.25, 0.3) is 0 Å². The highest BCUT2D eigenvalue weighted by Crippen LogP contribution is 2.23. The van der Waals surface area contributed by atoms with Crippen LogP contribution in [0.2, 0.25) is 0 Å². The van der Waals surface area contributed by atoms with Gasteiger partial charge in [-0.15, -0.1) is 0 Å². The Morgan fingerprint density at radius 2 is 1.50 bits per heavy atom. The van der Waals surface area contributed by atoms with Crippen molar-refractivity contribution in [2.45, 2.75) is 45.6 Å². The standard InChI is InChI=1S/C9H15NO2/c1-7(11)10(8(2)12)9-5-3-4-6-9/h9H,3-6H2,1-2H3. The van der Waals surface area contributed by atoms with Crippen molar-refractivity contribution in [3.8, 4) is 0 Å². The molecule has 0 aromatic carbocycles. The smallest absolute Gasteiger partial charge is 0.226 e. The Labute approximate surface area is 72.7 Å². The Balaban J connectivity index is 2.64. The zero-order chi connectivity index (χ0) is 9.14. The number of carbonyl (C=O) groups is 2. The van der Waals surface area contributed by atoms with Crippen LogP contribution >= 0.6 is 0 Å². The van der Waals surface area contributed by atoms with Gasteiger partial charge in [0.15, 0.2) is 0 Å². The molecule has 1 aliphatic rings. The first kappa shape index (κ1) is 9.23. The van der Waals surface area contributed by atoms with Crippen LogP contribution in [0, 0.1) is 0 Å². The molecule has 1 saturated carbocycles. The molecule has 0 unspecified atom stereocenters. The quantitative estimate of drug-likeness (QED) is 0.593. The summed E-state index contributed by atoms with van der Waals surface area (Å²) in [6.45, 7) is 2.92. The maximum atomic E-state index is 11.1. The fourth-order valence-electron chi connectivity index (χ4n) is 1.90. The van der Waals surface area contributed by atoms with Gasteiger partial charge >= 0.3 is 0 Å². The molecule has 12 heavy (non-hydrogen) atoms. The average molecular weight is 169 g/mol. The summed E-state index contributed by atoms with van der Waals surface area (Å²) >= 11 is 0. The molecule has 0 N–H and O–H groups in total. The molecule has 0 radical (unpaired) electrons. The first-order valence-corrected chi connectivity index (χ1v) is 4.43. The van der Waals surface area contributed by atoms with Crippen molar-refractivity contribution < 1.29 is 9.59 Å². The summed E-state index contributed by atoms with van der Waals surface area (Å²) in [6.07, 6.45) is 4.25. The van der Waals surface area contributed by atoms with Crippen molar-refractivity contribution >= 4 is 11.8 Å². The van der Waals surface area contributed by atoms with Gasteiger partial charge in [-0.3, -0.25) is 14.5 Å². The molecular formula is C9H15NO2. The molecule has 0 saturated heterocycles. The number of rotatable bonds is 1. The van der Waals surface area contributed by atoms with Crippen molar-refractivity contribution in [3.63, 3.8) is 0 Å². The molecule has 68 valence electrons. The van der Waals surface area contributed by atoms with Gasteiger partial charge in [-0.25, -0.2) is 0 Å². The second-order valence-corrected chi connectivity index (χ2v) is 3.35. The Kier molecular flexibility index (Phi) is 2.84. The van der Waals surface area contributed by atoms with Crippen LogP contribution in [-0.2, 0) is 9.59 Å². The molecule has 0 heterocycles. The lowest BCUT2D eigenvalue weighted by atomic mass is 10.2. The van der Waals surface area contributed by atoms with Crippen LogP contribution in [0.15, 0.2) is 0 Å². The Bertz CT molecular complexity index is 181. The lowest BCUT2D eigenvalue weighted by Gasteiger charge is -2.23. The molecule has 3 nitrogen and oxygen atoms in total. The van der Waals surface area contributed by atoms with Gasteiger partial charge in [0.1, 0.15) is 0 Å². The van der Waals surface area contributed by atoms with Crippen molar-refractivity contribution in [2.75, 3.05) is 0 Å². The monoisotopic (exact) mass is 169 g/mol. The summed E-state index contributed by atoms with van der Waals surface area (Å²) in [6, 6.07) is 0.181. The molecule has 1 aliphatic carbocycles. The zero-order valence-electron chi connectivity index (χ0n) is 7.67. The number of carbonyl (C=O) groups excluding carboxylic acids is 2. The topological polar surface area (TPSA) is 37.4 Å². The fraction of sp³-hybridized carbons (Fsp3) is 0.778. The summed E-state index contributed by atoms with van der Waals surface area (Å²) in [4.78, 5) is 23.6. The third kappa shape index (κ3) is 1.84. The van der Waals surface area contributed by atoms with E-state index in [0.717, 1.165) is 25.7 Å². The Hall–Kier alpha value is -0.860. The number of nitrogens with zero attached hydrogens (tertiary/aromatic N) is 1. The van der Waals surface area contributed by atoms with Crippen molar-refractivity contribution in [1.82, 2.24) is 4.90 Å². The minimum absolute atomic E-state index is 0.116. The van der Waals surface area contributed by atoms with Crippen LogP contribution in [0.3, 0.4) is 0 Å². The minimum atomic E-state index is -0.116. The fourth-order valence-corrected chi connectivity index (χ4v) is 1.90. The third-order valence-electron chi connectivity index (χ3n) is 2.37. The van der Waals surface area contributed by atoms with Crippen LogP contribution in [-0.4, -0.2) is 22.8 Å². The minimum Gasteiger partial charge on any atom is -0.280 e. The maximum Gasteiger partial charge on any atom is 0.226 e. The van der Waals surface area contributed by atoms with Crippen molar-refractivity contribution in [3.05, 3.63) is 0 Å². The summed E-state index contributed by atoms with van der Waals surface area (Å²) in [7, 11) is 0. The van der Waals surface area contributed by atoms with E-state index in [1.807, 2.05) is 0 Å². The molecule has 0 atom stereocenters. The predicted octanol–water partition coefficient (Wildman–Crippen LogP) is 1.32. The maximum absolute atomic E-state index is 11.1. The van der Waals surface area contributed by atoms with Crippen LogP contribution in [0.1, 0.15) is 39.5 Å². The van der Waals surface area contributed by atoms with E-state index in [9.17, 15) is 9.59 Å². The third-order valence-corrected chi connectivity index (χ3v) is 2.37. The number of imide groups is 1. The van der Waals surface area contributed by atoms with E-state index >= 15 is 0 Å². The van der Waals surface area contributed by atoms with Crippen molar-refractivity contribution in [1.29, 1.82) is 0 Å². The van der Waals surface area contributed by atoms with Gasteiger partial charge < -0.3 is 0 Å². The molecule has 1 fully saturated rings. The summed E-state index contributed by atoms with van der Waals surface area (Å²) < 4.78 is 0. The van der Waals surface area contributed by atoms with Gasteiger partial charge in [0.25, 0.3) is 0 Å². The molecule has 0 bridgehead atoms. The number of hydrogen-bond donors (Lipinski definition) is 0. The highest BCUT2D eigenvalue weighted by Gasteiger charge is 2.27. The Morgan fingerprint density at radius 1 is 1.08 bits per heavy atom. The van der Waals surface area contributed by atoms with Crippen molar-refractivity contribution in [2.24, 2.45) is 0 Å². The highest BCUT2D eigenvalue weighted by molar-refractivity contribution is 5.93. The SMILES string of the molecule is CC(=O)N(C(C)=O)C1CCCC1. The molecule has 1 rings (SSSR count). The Morgan fingerprint density at radius 3 is 1.83 bits per heavy atom. The molecule has 0 spiro atoms. The molecule has 3 heteroatoms. The number of hydrogen-bond acceptors (Lipinski definition) is 2. The van der Waals surface area contributed by atoms with Gasteiger partial charge in [-0.1, -0.05) is 12.8 Å². The second-order valence-electron chi connectivity index (χ2n) is 3.35. The molecule has 2 amide bonds. The summed E-state index contributed by atoms with van der Waals surface area (Å²) in [5.41, 5.74) is 0. The molecule has 0 aliphatic heterocycles. The van der Waals surface area contributed by atoms with E-state index in [0.29, 0.717) is 0 Å². The largest absolute Gasteiger partial charge is 0.280 e. The van der Waals surface area contributed by atoms with E-state index in [4.69, 9.17) is 0 Å². The summed E-state index contributed by atoms with van der Waals surface area (Å²) in [5.74, 6) is -0.233. The van der Waals surface area contributed by atoms with Gasteiger partial charge in [0.2, 0.25) is 11.8 Å². The van der Waals surface area contributed by atoms with E-state index in [-0.39, 0.29) is 17.9 Å². The molecular weight excluding hydrogens is 154 g/mol. The molecule has 0 aromatic heterocycles. The first-order chi connectivity index (χ1) is 5.63. The van der Waals surface area contributed by atoms with E-state index in [1.165, 1.54) is 18.7 Å². The normalized spacial score (nSPS) is 17.8. The van der Waals surface area contributed by atoms with E-state index in [1.54, 1.807) is 0 Å². The zero-order valence-corrected chi connectivity index (χ0v) is 7.67. The second kappa shape index (κ2) is 3.70. The van der Waals surface area contributed by atoms with Gasteiger partial charge in [0.05, 0.1) is 0 Å². The molecule has 0 aromatic rings. The van der Waals surface area contributed by atoms with Gasteiger partial charge in [-0.2, -0.15) is 0 Å².